The number of fused-ring (bicyclic) bond motifs is 1. The molecule has 0 bridgehead atoms. The van der Waals surface area contributed by atoms with Crippen molar-refractivity contribution in [2.75, 3.05) is 23.9 Å². The number of hydrogen-bond acceptors (Lipinski definition) is 5. The molecule has 0 aromatic heterocycles. The summed E-state index contributed by atoms with van der Waals surface area (Å²) in [6, 6.07) is 3.87. The van der Waals surface area contributed by atoms with Crippen molar-refractivity contribution in [2.45, 2.75) is 48.2 Å². The highest BCUT2D eigenvalue weighted by atomic mass is 32.2. The smallest absolute Gasteiger partial charge is 0.369 e. The Labute approximate surface area is 223 Å². The van der Waals surface area contributed by atoms with Gasteiger partial charge in [-0.05, 0) is 48.7 Å². The Morgan fingerprint density at radius 3 is 2.23 bits per heavy atom. The zero-order chi connectivity index (χ0) is 29.7. The summed E-state index contributed by atoms with van der Waals surface area (Å²) in [5.41, 5.74) is -7.34. The Morgan fingerprint density at radius 2 is 1.65 bits per heavy atom. The van der Waals surface area contributed by atoms with E-state index in [-0.39, 0.29) is 43.7 Å². The van der Waals surface area contributed by atoms with E-state index in [2.05, 4.69) is 5.32 Å². The maximum absolute atomic E-state index is 13.7. The minimum atomic E-state index is -6.15. The summed E-state index contributed by atoms with van der Waals surface area (Å²) in [5, 5.41) is 12.4. The van der Waals surface area contributed by atoms with Gasteiger partial charge in [-0.15, -0.1) is 0 Å². The summed E-state index contributed by atoms with van der Waals surface area (Å²) >= 11 is 0. The van der Waals surface area contributed by atoms with Crippen LogP contribution in [0.5, 0.6) is 0 Å². The number of aliphatic hydroxyl groups is 1. The number of piperazine rings is 1. The number of aryl methyl sites for hydroxylation is 1. The third-order valence-electron chi connectivity index (χ3n) is 6.81. The third kappa shape index (κ3) is 5.21. The number of carbonyl (C=O) groups is 2. The molecule has 2 heterocycles. The number of hydrogen-bond donors (Lipinski definition) is 2. The summed E-state index contributed by atoms with van der Waals surface area (Å²) in [5.74, 6) is -1.79. The van der Waals surface area contributed by atoms with E-state index in [1.807, 2.05) is 0 Å². The summed E-state index contributed by atoms with van der Waals surface area (Å²) in [6.45, 7) is 0.0405. The molecule has 2 amide bonds. The number of sulfonamides is 1. The van der Waals surface area contributed by atoms with Crippen molar-refractivity contribution < 1.29 is 53.8 Å². The molecule has 0 saturated carbocycles. The third-order valence-corrected chi connectivity index (χ3v) is 8.69. The van der Waals surface area contributed by atoms with Crippen LogP contribution >= 0.6 is 0 Å². The SMILES string of the molecule is O=C1CN(C(=O)C[C@@H]2CCc3cc(C(O)(C(F)(F)F)C(F)(F)F)ccc3N2S(=O)(=O)c2ccc(F)cc2)CCN1. The average Bonchev–Trinajstić information content (AvgIpc) is 2.86. The lowest BCUT2D eigenvalue weighted by Gasteiger charge is -2.40. The summed E-state index contributed by atoms with van der Waals surface area (Å²) in [7, 11) is -4.62. The minimum absolute atomic E-state index is 0.148. The number of nitrogens with zero attached hydrogens (tertiary/aromatic N) is 2. The fourth-order valence-electron chi connectivity index (χ4n) is 4.76. The van der Waals surface area contributed by atoms with Gasteiger partial charge in [0.05, 0.1) is 23.2 Å². The number of anilines is 1. The molecule has 0 unspecified atom stereocenters. The van der Waals surface area contributed by atoms with Crippen molar-refractivity contribution in [3.63, 3.8) is 0 Å². The predicted octanol–water partition coefficient (Wildman–Crippen LogP) is 3.00. The van der Waals surface area contributed by atoms with Crippen LogP contribution in [0.25, 0.3) is 0 Å². The molecule has 8 nitrogen and oxygen atoms in total. The quantitative estimate of drug-likeness (QED) is 0.516. The first-order valence-electron chi connectivity index (χ1n) is 11.8. The number of nitrogens with one attached hydrogen (secondary N) is 1. The van der Waals surface area contributed by atoms with E-state index in [4.69, 9.17) is 0 Å². The Kier molecular flexibility index (Phi) is 7.55. The van der Waals surface area contributed by atoms with Crippen LogP contribution in [0.15, 0.2) is 47.4 Å². The number of halogens is 7. The van der Waals surface area contributed by atoms with Crippen molar-refractivity contribution >= 4 is 27.5 Å². The van der Waals surface area contributed by atoms with Gasteiger partial charge in [-0.2, -0.15) is 26.3 Å². The van der Waals surface area contributed by atoms with Crippen LogP contribution in [0.3, 0.4) is 0 Å². The lowest BCUT2D eigenvalue weighted by atomic mass is 9.87. The number of rotatable bonds is 5. The molecule has 1 atom stereocenters. The van der Waals surface area contributed by atoms with E-state index in [0.717, 1.165) is 24.3 Å². The standard InChI is InChI=1S/C24H22F7N3O5S/c25-16-3-6-18(7-4-16)40(38,39)34-17(12-21(36)33-10-9-32-20(35)13-33)5-1-14-11-15(2-8-19(14)34)22(37,23(26,27)28)24(29,30)31/h2-4,6-8,11,17,37H,1,5,9-10,12-13H2,(H,32,35)/t17-/m0/s1. The van der Waals surface area contributed by atoms with Crippen LogP contribution in [0, 0.1) is 5.82 Å². The van der Waals surface area contributed by atoms with Gasteiger partial charge < -0.3 is 15.3 Å². The van der Waals surface area contributed by atoms with E-state index in [1.165, 1.54) is 4.90 Å². The maximum Gasteiger partial charge on any atom is 0.430 e. The number of amides is 2. The van der Waals surface area contributed by atoms with Crippen molar-refractivity contribution in [2.24, 2.45) is 0 Å². The van der Waals surface area contributed by atoms with Crippen LogP contribution in [-0.2, 0) is 31.6 Å². The first kappa shape index (κ1) is 29.6. The molecule has 4 rings (SSSR count). The van der Waals surface area contributed by atoms with Gasteiger partial charge in [-0.3, -0.25) is 13.9 Å². The van der Waals surface area contributed by atoms with Crippen LogP contribution in [0.2, 0.25) is 0 Å². The lowest BCUT2D eigenvalue weighted by Crippen LogP contribution is -2.54. The molecule has 218 valence electrons. The van der Waals surface area contributed by atoms with Crippen LogP contribution in [-0.4, -0.2) is 68.3 Å². The largest absolute Gasteiger partial charge is 0.430 e. The Bertz CT molecular complexity index is 1400. The van der Waals surface area contributed by atoms with E-state index >= 15 is 0 Å². The second kappa shape index (κ2) is 10.2. The van der Waals surface area contributed by atoms with Crippen LogP contribution in [0.4, 0.5) is 36.4 Å². The van der Waals surface area contributed by atoms with Crippen LogP contribution in [0.1, 0.15) is 24.0 Å². The topological polar surface area (TPSA) is 107 Å². The summed E-state index contributed by atoms with van der Waals surface area (Å²) in [6.07, 6.45) is -13.2. The molecule has 1 saturated heterocycles. The zero-order valence-corrected chi connectivity index (χ0v) is 21.2. The van der Waals surface area contributed by atoms with Gasteiger partial charge in [-0.1, -0.05) is 12.1 Å². The summed E-state index contributed by atoms with van der Waals surface area (Å²) in [4.78, 5) is 25.4. The van der Waals surface area contributed by atoms with Crippen molar-refractivity contribution in [1.29, 1.82) is 0 Å². The molecular formula is C24H22F7N3O5S. The molecule has 16 heteroatoms. The molecule has 2 aliphatic heterocycles. The molecular weight excluding hydrogens is 575 g/mol. The monoisotopic (exact) mass is 597 g/mol. The highest BCUT2D eigenvalue weighted by Crippen LogP contribution is 2.51. The van der Waals surface area contributed by atoms with Gasteiger partial charge in [0.25, 0.3) is 15.6 Å². The average molecular weight is 598 g/mol. The van der Waals surface area contributed by atoms with Gasteiger partial charge in [0, 0.05) is 25.1 Å². The molecule has 40 heavy (non-hydrogen) atoms. The van der Waals surface area contributed by atoms with Gasteiger partial charge >= 0.3 is 12.4 Å². The van der Waals surface area contributed by atoms with E-state index in [0.29, 0.717) is 22.5 Å². The van der Waals surface area contributed by atoms with Crippen molar-refractivity contribution in [1.82, 2.24) is 10.2 Å². The molecule has 2 aliphatic rings. The van der Waals surface area contributed by atoms with Gasteiger partial charge in [-0.25, -0.2) is 12.8 Å². The van der Waals surface area contributed by atoms with E-state index < -0.39 is 68.5 Å². The lowest BCUT2D eigenvalue weighted by molar-refractivity contribution is -0.376. The van der Waals surface area contributed by atoms with Gasteiger partial charge in [0.2, 0.25) is 11.8 Å². The molecule has 2 aromatic rings. The fourth-order valence-corrected chi connectivity index (χ4v) is 6.48. The Balaban J connectivity index is 1.80. The highest BCUT2D eigenvalue weighted by molar-refractivity contribution is 7.92. The number of carbonyl (C=O) groups excluding carboxylic acids is 2. The van der Waals surface area contributed by atoms with E-state index in [9.17, 15) is 53.8 Å². The minimum Gasteiger partial charge on any atom is -0.369 e. The second-order valence-corrected chi connectivity index (χ2v) is 11.2. The molecule has 0 spiro atoms. The molecule has 0 aliphatic carbocycles. The maximum atomic E-state index is 13.7. The molecule has 1 fully saturated rings. The molecule has 0 radical (unpaired) electrons. The Morgan fingerprint density at radius 1 is 1.02 bits per heavy atom. The highest BCUT2D eigenvalue weighted by Gasteiger charge is 2.71. The van der Waals surface area contributed by atoms with Gasteiger partial charge in [0.1, 0.15) is 5.82 Å². The second-order valence-electron chi connectivity index (χ2n) is 9.37. The first-order chi connectivity index (χ1) is 18.5. The predicted molar refractivity (Wildman–Crippen MR) is 125 cm³/mol. The molecule has 2 N–H and O–H groups in total. The Hall–Kier alpha value is -3.40. The normalized spacial score (nSPS) is 18.8. The van der Waals surface area contributed by atoms with Crippen molar-refractivity contribution in [3.8, 4) is 0 Å². The first-order valence-corrected chi connectivity index (χ1v) is 13.2. The molecule has 2 aromatic carbocycles. The summed E-state index contributed by atoms with van der Waals surface area (Å²) < 4.78 is 122. The fraction of sp³-hybridized carbons (Fsp3) is 0.417. The zero-order valence-electron chi connectivity index (χ0n) is 20.4. The number of benzene rings is 2. The van der Waals surface area contributed by atoms with Crippen LogP contribution < -0.4 is 9.62 Å². The van der Waals surface area contributed by atoms with Crippen molar-refractivity contribution in [3.05, 3.63) is 59.4 Å². The number of alkyl halides is 6. The van der Waals surface area contributed by atoms with Gasteiger partial charge in [0.15, 0.2) is 0 Å². The van der Waals surface area contributed by atoms with E-state index in [1.54, 1.807) is 0 Å².